The van der Waals surface area contributed by atoms with Crippen LogP contribution in [0.1, 0.15) is 30.9 Å². The number of alkyl carbamates (subject to hydrolysis) is 1. The fourth-order valence-corrected chi connectivity index (χ4v) is 4.99. The van der Waals surface area contributed by atoms with Crippen LogP contribution in [0.5, 0.6) is 11.5 Å². The topological polar surface area (TPSA) is 60.0 Å². The standard InChI is InChI=1S/C24H25F3N2O4/c25-24(26,27)33-21-4-2-1-3-17(21)16-5-6-20-18(13-16)19(9-12-31-20)28-23(30)32-22-14-29-10-7-15(22)8-11-29/h1-6,13,15,19,22H,7-12,14H2,(H,28,30)/t19?,22-/m0/s1. The number of hydrogen-bond acceptors (Lipinski definition) is 5. The summed E-state index contributed by atoms with van der Waals surface area (Å²) >= 11 is 0. The van der Waals surface area contributed by atoms with Crippen LogP contribution < -0.4 is 14.8 Å². The predicted octanol–water partition coefficient (Wildman–Crippen LogP) is 4.90. The van der Waals surface area contributed by atoms with Gasteiger partial charge in [-0.25, -0.2) is 4.79 Å². The first-order valence-electron chi connectivity index (χ1n) is 11.2. The van der Waals surface area contributed by atoms with Gasteiger partial charge in [-0.3, -0.25) is 4.90 Å². The number of para-hydroxylation sites is 1. The summed E-state index contributed by atoms with van der Waals surface area (Å²) in [7, 11) is 0. The number of amides is 1. The minimum atomic E-state index is -4.80. The van der Waals surface area contributed by atoms with Gasteiger partial charge in [0.25, 0.3) is 0 Å². The van der Waals surface area contributed by atoms with Crippen molar-refractivity contribution in [3.8, 4) is 22.6 Å². The van der Waals surface area contributed by atoms with Gasteiger partial charge >= 0.3 is 12.5 Å². The maximum Gasteiger partial charge on any atom is 0.573 e. The van der Waals surface area contributed by atoms with E-state index < -0.39 is 12.5 Å². The van der Waals surface area contributed by atoms with Crippen molar-refractivity contribution >= 4 is 6.09 Å². The van der Waals surface area contributed by atoms with Crippen LogP contribution in [-0.2, 0) is 4.74 Å². The molecular formula is C24H25F3N2O4. The van der Waals surface area contributed by atoms with Gasteiger partial charge in [0.1, 0.15) is 17.6 Å². The summed E-state index contributed by atoms with van der Waals surface area (Å²) in [4.78, 5) is 15.0. The Bertz CT molecular complexity index is 1020. The average Bonchev–Trinajstić information content (AvgIpc) is 2.79. The van der Waals surface area contributed by atoms with Gasteiger partial charge in [0.2, 0.25) is 0 Å². The van der Waals surface area contributed by atoms with E-state index in [4.69, 9.17) is 9.47 Å². The molecule has 0 saturated carbocycles. The molecule has 2 atom stereocenters. The van der Waals surface area contributed by atoms with Gasteiger partial charge in [0.05, 0.1) is 12.6 Å². The number of benzene rings is 2. The molecular weight excluding hydrogens is 437 g/mol. The van der Waals surface area contributed by atoms with E-state index in [1.54, 1.807) is 30.3 Å². The first-order valence-corrected chi connectivity index (χ1v) is 11.2. The van der Waals surface area contributed by atoms with Crippen molar-refractivity contribution in [2.45, 2.75) is 37.8 Å². The molecule has 1 N–H and O–H groups in total. The number of hydrogen-bond donors (Lipinski definition) is 1. The lowest BCUT2D eigenvalue weighted by Crippen LogP contribution is -2.52. The summed E-state index contributed by atoms with van der Waals surface area (Å²) in [6.07, 6.45) is -2.76. The van der Waals surface area contributed by atoms with Gasteiger partial charge in [-0.1, -0.05) is 24.3 Å². The van der Waals surface area contributed by atoms with Crippen molar-refractivity contribution in [1.29, 1.82) is 0 Å². The molecule has 1 unspecified atom stereocenters. The second-order valence-electron chi connectivity index (χ2n) is 8.71. The fourth-order valence-electron chi connectivity index (χ4n) is 4.99. The molecule has 4 aliphatic heterocycles. The lowest BCUT2D eigenvalue weighted by atomic mass is 9.86. The Morgan fingerprint density at radius 1 is 1.09 bits per heavy atom. The molecule has 6 rings (SSSR count). The third kappa shape index (κ3) is 4.88. The number of halogens is 3. The molecule has 2 aromatic carbocycles. The maximum absolute atomic E-state index is 12.9. The highest BCUT2D eigenvalue weighted by atomic mass is 19.4. The lowest BCUT2D eigenvalue weighted by Gasteiger charge is -2.44. The molecule has 2 aromatic rings. The average molecular weight is 462 g/mol. The molecule has 0 aromatic heterocycles. The van der Waals surface area contributed by atoms with E-state index in [2.05, 4.69) is 15.0 Å². The lowest BCUT2D eigenvalue weighted by molar-refractivity contribution is -0.274. The molecule has 3 saturated heterocycles. The molecule has 0 radical (unpaired) electrons. The van der Waals surface area contributed by atoms with E-state index in [1.165, 1.54) is 12.1 Å². The molecule has 33 heavy (non-hydrogen) atoms. The Morgan fingerprint density at radius 3 is 2.61 bits per heavy atom. The van der Waals surface area contributed by atoms with Crippen LogP contribution in [0, 0.1) is 5.92 Å². The molecule has 0 spiro atoms. The van der Waals surface area contributed by atoms with Crippen LogP contribution >= 0.6 is 0 Å². The van der Waals surface area contributed by atoms with E-state index >= 15 is 0 Å². The summed E-state index contributed by atoms with van der Waals surface area (Å²) in [5.74, 6) is 0.708. The number of carbonyl (C=O) groups is 1. The zero-order valence-corrected chi connectivity index (χ0v) is 17.9. The Hall–Kier alpha value is -2.94. The molecule has 4 heterocycles. The van der Waals surface area contributed by atoms with Crippen molar-refractivity contribution in [3.05, 3.63) is 48.0 Å². The Balaban J connectivity index is 1.34. The minimum Gasteiger partial charge on any atom is -0.493 e. The summed E-state index contributed by atoms with van der Waals surface area (Å²) < 4.78 is 54.3. The summed E-state index contributed by atoms with van der Waals surface area (Å²) in [6.45, 7) is 3.30. The van der Waals surface area contributed by atoms with Crippen molar-refractivity contribution < 1.29 is 32.2 Å². The number of fused-ring (bicyclic) bond motifs is 4. The van der Waals surface area contributed by atoms with Crippen LogP contribution in [0.25, 0.3) is 11.1 Å². The van der Waals surface area contributed by atoms with Crippen LogP contribution in [0.3, 0.4) is 0 Å². The molecule has 3 fully saturated rings. The van der Waals surface area contributed by atoms with Gasteiger partial charge in [-0.05, 0) is 55.6 Å². The number of alkyl halides is 3. The van der Waals surface area contributed by atoms with E-state index in [9.17, 15) is 18.0 Å². The number of nitrogens with one attached hydrogen (secondary N) is 1. The Kier molecular flexibility index (Phi) is 5.82. The molecule has 1 amide bonds. The third-order valence-corrected chi connectivity index (χ3v) is 6.62. The molecule has 6 nitrogen and oxygen atoms in total. The van der Waals surface area contributed by atoms with Crippen LogP contribution in [-0.4, -0.2) is 49.7 Å². The van der Waals surface area contributed by atoms with Gasteiger partial charge in [0, 0.05) is 24.1 Å². The predicted molar refractivity (Wildman–Crippen MR) is 114 cm³/mol. The van der Waals surface area contributed by atoms with Gasteiger partial charge in [-0.2, -0.15) is 0 Å². The monoisotopic (exact) mass is 462 g/mol. The van der Waals surface area contributed by atoms with E-state index in [0.717, 1.165) is 32.5 Å². The highest BCUT2D eigenvalue weighted by molar-refractivity contribution is 5.73. The van der Waals surface area contributed by atoms with E-state index in [0.29, 0.717) is 41.4 Å². The highest BCUT2D eigenvalue weighted by Gasteiger charge is 2.37. The second-order valence-corrected chi connectivity index (χ2v) is 8.71. The largest absolute Gasteiger partial charge is 0.573 e. The summed E-state index contributed by atoms with van der Waals surface area (Å²) in [5, 5.41) is 2.94. The number of ether oxygens (including phenoxy) is 3. The SMILES string of the molecule is O=C(NC1CCOc2ccc(-c3ccccc3OC(F)(F)F)cc21)O[C@H]1CN2CCC1CC2. The van der Waals surface area contributed by atoms with Crippen molar-refractivity contribution in [1.82, 2.24) is 10.2 Å². The quantitative estimate of drug-likeness (QED) is 0.701. The summed E-state index contributed by atoms with van der Waals surface area (Å²) in [5.41, 5.74) is 1.54. The van der Waals surface area contributed by atoms with Gasteiger partial charge in [0.15, 0.2) is 0 Å². The maximum atomic E-state index is 12.9. The minimum absolute atomic E-state index is 0.107. The second kappa shape index (κ2) is 8.78. The zero-order valence-electron chi connectivity index (χ0n) is 17.9. The first kappa shape index (κ1) is 21.9. The van der Waals surface area contributed by atoms with Gasteiger partial charge < -0.3 is 19.5 Å². The van der Waals surface area contributed by atoms with Crippen LogP contribution in [0.15, 0.2) is 42.5 Å². The number of nitrogens with zero attached hydrogens (tertiary/aromatic N) is 1. The van der Waals surface area contributed by atoms with E-state index in [-0.39, 0.29) is 17.9 Å². The molecule has 0 aliphatic carbocycles. The normalized spacial score (nSPS) is 26.2. The van der Waals surface area contributed by atoms with Crippen molar-refractivity contribution in [2.24, 2.45) is 5.92 Å². The molecule has 176 valence electrons. The fraction of sp³-hybridized carbons (Fsp3) is 0.458. The number of rotatable bonds is 4. The van der Waals surface area contributed by atoms with Crippen molar-refractivity contribution in [2.75, 3.05) is 26.2 Å². The molecule has 2 bridgehead atoms. The molecule has 9 heteroatoms. The van der Waals surface area contributed by atoms with E-state index in [1.807, 2.05) is 0 Å². The first-order chi connectivity index (χ1) is 15.9. The molecule has 4 aliphatic rings. The smallest absolute Gasteiger partial charge is 0.493 e. The third-order valence-electron chi connectivity index (χ3n) is 6.62. The van der Waals surface area contributed by atoms with Crippen LogP contribution in [0.2, 0.25) is 0 Å². The Labute approximate surface area is 189 Å². The van der Waals surface area contributed by atoms with Crippen LogP contribution in [0.4, 0.5) is 18.0 Å². The number of carbonyl (C=O) groups excluding carboxylic acids is 1. The zero-order chi connectivity index (χ0) is 23.0. The highest BCUT2D eigenvalue weighted by Crippen LogP contribution is 2.39. The number of piperidine rings is 3. The van der Waals surface area contributed by atoms with Crippen molar-refractivity contribution in [3.63, 3.8) is 0 Å². The Morgan fingerprint density at radius 2 is 1.88 bits per heavy atom. The van der Waals surface area contributed by atoms with Gasteiger partial charge in [-0.15, -0.1) is 13.2 Å². The summed E-state index contributed by atoms with van der Waals surface area (Å²) in [6, 6.07) is 10.8.